The lowest BCUT2D eigenvalue weighted by molar-refractivity contribution is 0.400. The maximum Gasteiger partial charge on any atom is 0.173 e. The SMILES string of the molecule is CC(C)c1ccc(NC(=S)N(Cc2ccccc2F)C2CC2)cc1. The summed E-state index contributed by atoms with van der Waals surface area (Å²) in [6.07, 6.45) is 2.23. The van der Waals surface area contributed by atoms with E-state index in [9.17, 15) is 4.39 Å². The Balaban J connectivity index is 1.70. The number of thiocarbonyl (C=S) groups is 1. The highest BCUT2D eigenvalue weighted by Crippen LogP contribution is 2.29. The van der Waals surface area contributed by atoms with Gasteiger partial charge >= 0.3 is 0 Å². The predicted molar refractivity (Wildman–Crippen MR) is 102 cm³/mol. The first kappa shape index (κ1) is 16.9. The molecule has 1 aliphatic carbocycles. The van der Waals surface area contributed by atoms with Crippen molar-refractivity contribution < 1.29 is 4.39 Å². The summed E-state index contributed by atoms with van der Waals surface area (Å²) in [5, 5.41) is 3.97. The molecule has 0 aromatic heterocycles. The highest BCUT2D eigenvalue weighted by Gasteiger charge is 2.31. The fourth-order valence-corrected chi connectivity index (χ4v) is 3.04. The van der Waals surface area contributed by atoms with Gasteiger partial charge in [0, 0.05) is 23.8 Å². The van der Waals surface area contributed by atoms with Crippen LogP contribution in [0, 0.1) is 5.82 Å². The Labute approximate surface area is 148 Å². The van der Waals surface area contributed by atoms with E-state index < -0.39 is 0 Å². The zero-order chi connectivity index (χ0) is 17.1. The third kappa shape index (κ3) is 4.12. The van der Waals surface area contributed by atoms with Gasteiger partial charge in [0.1, 0.15) is 5.82 Å². The number of halogens is 1. The summed E-state index contributed by atoms with van der Waals surface area (Å²) in [6, 6.07) is 15.7. The van der Waals surface area contributed by atoms with Crippen molar-refractivity contribution in [2.45, 2.75) is 45.2 Å². The molecule has 0 bridgehead atoms. The average Bonchev–Trinajstić information content (AvgIpc) is 3.39. The van der Waals surface area contributed by atoms with Gasteiger partial charge in [-0.15, -0.1) is 0 Å². The van der Waals surface area contributed by atoms with Crippen LogP contribution in [0.3, 0.4) is 0 Å². The minimum atomic E-state index is -0.174. The lowest BCUT2D eigenvalue weighted by Crippen LogP contribution is -2.36. The molecular weight excluding hydrogens is 319 g/mol. The van der Waals surface area contributed by atoms with Crippen molar-refractivity contribution in [2.75, 3.05) is 5.32 Å². The van der Waals surface area contributed by atoms with E-state index in [0.717, 1.165) is 18.5 Å². The van der Waals surface area contributed by atoms with Crippen molar-refractivity contribution in [1.82, 2.24) is 4.90 Å². The highest BCUT2D eigenvalue weighted by molar-refractivity contribution is 7.80. The molecule has 0 amide bonds. The van der Waals surface area contributed by atoms with Crippen LogP contribution in [0.1, 0.15) is 43.7 Å². The van der Waals surface area contributed by atoms with Crippen LogP contribution in [-0.2, 0) is 6.54 Å². The molecule has 1 saturated carbocycles. The largest absolute Gasteiger partial charge is 0.342 e. The lowest BCUT2D eigenvalue weighted by Gasteiger charge is -2.26. The molecule has 0 spiro atoms. The number of benzene rings is 2. The topological polar surface area (TPSA) is 15.3 Å². The summed E-state index contributed by atoms with van der Waals surface area (Å²) in [5.41, 5.74) is 2.96. The molecule has 24 heavy (non-hydrogen) atoms. The molecule has 2 nitrogen and oxygen atoms in total. The Kier molecular flexibility index (Phi) is 5.14. The van der Waals surface area contributed by atoms with Crippen molar-refractivity contribution in [3.05, 3.63) is 65.5 Å². The quantitative estimate of drug-likeness (QED) is 0.741. The van der Waals surface area contributed by atoms with E-state index in [4.69, 9.17) is 12.2 Å². The summed E-state index contributed by atoms with van der Waals surface area (Å²) >= 11 is 5.59. The van der Waals surface area contributed by atoms with E-state index in [-0.39, 0.29) is 5.82 Å². The van der Waals surface area contributed by atoms with E-state index in [1.807, 2.05) is 12.1 Å². The molecule has 1 N–H and O–H groups in total. The summed E-state index contributed by atoms with van der Waals surface area (Å²) in [6.45, 7) is 4.86. The summed E-state index contributed by atoms with van der Waals surface area (Å²) in [4.78, 5) is 2.10. The van der Waals surface area contributed by atoms with Crippen molar-refractivity contribution in [3.8, 4) is 0 Å². The first-order chi connectivity index (χ1) is 11.5. The summed E-state index contributed by atoms with van der Waals surface area (Å²) in [7, 11) is 0. The zero-order valence-electron chi connectivity index (χ0n) is 14.1. The highest BCUT2D eigenvalue weighted by atomic mass is 32.1. The van der Waals surface area contributed by atoms with Gasteiger partial charge in [-0.25, -0.2) is 4.39 Å². The second-order valence-corrected chi connectivity index (χ2v) is 7.04. The normalized spacial score (nSPS) is 13.8. The van der Waals surface area contributed by atoms with Crippen LogP contribution in [0.15, 0.2) is 48.5 Å². The Morgan fingerprint density at radius 3 is 2.42 bits per heavy atom. The second kappa shape index (κ2) is 7.31. The lowest BCUT2D eigenvalue weighted by atomic mass is 10.0. The number of rotatable bonds is 5. The fourth-order valence-electron chi connectivity index (χ4n) is 2.71. The van der Waals surface area contributed by atoms with Gasteiger partial charge in [-0.3, -0.25) is 0 Å². The molecule has 2 aromatic rings. The van der Waals surface area contributed by atoms with Crippen LogP contribution in [0.5, 0.6) is 0 Å². The number of nitrogens with one attached hydrogen (secondary N) is 1. The van der Waals surface area contributed by atoms with E-state index in [1.165, 1.54) is 11.6 Å². The molecular formula is C20H23FN2S. The van der Waals surface area contributed by atoms with E-state index in [2.05, 4.69) is 48.3 Å². The molecule has 0 unspecified atom stereocenters. The molecule has 0 radical (unpaired) electrons. The summed E-state index contributed by atoms with van der Waals surface area (Å²) in [5.74, 6) is 0.335. The smallest absolute Gasteiger partial charge is 0.173 e. The van der Waals surface area contributed by atoms with Crippen molar-refractivity contribution in [3.63, 3.8) is 0 Å². The number of hydrogen-bond acceptors (Lipinski definition) is 1. The number of nitrogens with zero attached hydrogens (tertiary/aromatic N) is 1. The van der Waals surface area contributed by atoms with Crippen LogP contribution >= 0.6 is 12.2 Å². The van der Waals surface area contributed by atoms with Gasteiger partial charge in [-0.1, -0.05) is 44.2 Å². The Hall–Kier alpha value is -1.94. The first-order valence-corrected chi connectivity index (χ1v) is 8.86. The molecule has 1 fully saturated rings. The van der Waals surface area contributed by atoms with Gasteiger partial charge in [-0.2, -0.15) is 0 Å². The number of hydrogen-bond donors (Lipinski definition) is 1. The average molecular weight is 342 g/mol. The Morgan fingerprint density at radius 2 is 1.83 bits per heavy atom. The van der Waals surface area contributed by atoms with E-state index in [0.29, 0.717) is 29.2 Å². The van der Waals surface area contributed by atoms with Gasteiger partial charge in [-0.05, 0) is 54.7 Å². The molecule has 4 heteroatoms. The van der Waals surface area contributed by atoms with Crippen LogP contribution < -0.4 is 5.32 Å². The molecule has 3 rings (SSSR count). The van der Waals surface area contributed by atoms with E-state index in [1.54, 1.807) is 6.07 Å². The first-order valence-electron chi connectivity index (χ1n) is 8.45. The van der Waals surface area contributed by atoms with Gasteiger partial charge in [0.25, 0.3) is 0 Å². The minimum absolute atomic E-state index is 0.174. The number of anilines is 1. The molecule has 2 aromatic carbocycles. The maximum absolute atomic E-state index is 14.0. The van der Waals surface area contributed by atoms with Crippen LogP contribution in [0.2, 0.25) is 0 Å². The minimum Gasteiger partial charge on any atom is -0.342 e. The second-order valence-electron chi connectivity index (χ2n) is 6.66. The molecule has 126 valence electrons. The maximum atomic E-state index is 14.0. The Morgan fingerprint density at radius 1 is 1.17 bits per heavy atom. The zero-order valence-corrected chi connectivity index (χ0v) is 14.9. The monoisotopic (exact) mass is 342 g/mol. The van der Waals surface area contributed by atoms with Crippen molar-refractivity contribution in [1.29, 1.82) is 0 Å². The van der Waals surface area contributed by atoms with Crippen LogP contribution in [-0.4, -0.2) is 16.1 Å². The van der Waals surface area contributed by atoms with Gasteiger partial charge in [0.05, 0.1) is 0 Å². The molecule has 0 aliphatic heterocycles. The molecule has 1 aliphatic rings. The third-order valence-electron chi connectivity index (χ3n) is 4.38. The van der Waals surface area contributed by atoms with Gasteiger partial charge in [0.15, 0.2) is 5.11 Å². The summed E-state index contributed by atoms with van der Waals surface area (Å²) < 4.78 is 14.0. The van der Waals surface area contributed by atoms with E-state index >= 15 is 0 Å². The Bertz CT molecular complexity index is 708. The van der Waals surface area contributed by atoms with Crippen molar-refractivity contribution in [2.24, 2.45) is 0 Å². The molecule has 0 atom stereocenters. The standard InChI is InChI=1S/C20H23FN2S/c1-14(2)15-7-9-17(10-8-15)22-20(24)23(18-11-12-18)13-16-5-3-4-6-19(16)21/h3-10,14,18H,11-13H2,1-2H3,(H,22,24). The third-order valence-corrected chi connectivity index (χ3v) is 4.71. The van der Waals surface area contributed by atoms with Crippen LogP contribution in [0.4, 0.5) is 10.1 Å². The predicted octanol–water partition coefficient (Wildman–Crippen LogP) is 5.31. The fraction of sp³-hybridized carbons (Fsp3) is 0.350. The van der Waals surface area contributed by atoms with Gasteiger partial charge < -0.3 is 10.2 Å². The van der Waals surface area contributed by atoms with Gasteiger partial charge in [0.2, 0.25) is 0 Å². The van der Waals surface area contributed by atoms with Crippen molar-refractivity contribution >= 4 is 23.0 Å². The molecule has 0 saturated heterocycles. The van der Waals surface area contributed by atoms with Crippen LogP contribution in [0.25, 0.3) is 0 Å². The molecule has 0 heterocycles.